The molecule has 0 unspecified atom stereocenters. The Labute approximate surface area is 129 Å². The van der Waals surface area contributed by atoms with Crippen LogP contribution in [-0.2, 0) is 4.79 Å². The average molecular weight is 301 g/mol. The lowest BCUT2D eigenvalue weighted by molar-refractivity contribution is -0.120. The van der Waals surface area contributed by atoms with Crippen LogP contribution in [0.15, 0.2) is 59.8 Å². The Hall–Kier alpha value is -2.01. The summed E-state index contributed by atoms with van der Waals surface area (Å²) in [5.41, 5.74) is 1.01. The number of nitrogens with one attached hydrogen (secondary N) is 2. The Morgan fingerprint density at radius 1 is 1.14 bits per heavy atom. The Morgan fingerprint density at radius 3 is 2.57 bits per heavy atom. The summed E-state index contributed by atoms with van der Waals surface area (Å²) in [6.45, 7) is 3.21. The van der Waals surface area contributed by atoms with Gasteiger partial charge < -0.3 is 10.6 Å². The van der Waals surface area contributed by atoms with Crippen LogP contribution in [0, 0.1) is 0 Å². The van der Waals surface area contributed by atoms with Gasteiger partial charge >= 0.3 is 0 Å². The highest BCUT2D eigenvalue weighted by Crippen LogP contribution is 2.22. The monoisotopic (exact) mass is 301 g/mol. The number of hydrogen-bond donors (Lipinski definition) is 2. The third-order valence-corrected chi connectivity index (χ3v) is 3.97. The van der Waals surface area contributed by atoms with Gasteiger partial charge in [-0.1, -0.05) is 18.2 Å². The molecule has 2 N–H and O–H groups in total. The topological polar surface area (TPSA) is 54.0 Å². The first-order valence-corrected chi connectivity index (χ1v) is 7.77. The van der Waals surface area contributed by atoms with E-state index in [1.807, 2.05) is 49.4 Å². The number of rotatable bonds is 7. The van der Waals surface area contributed by atoms with E-state index in [1.165, 1.54) is 0 Å². The van der Waals surface area contributed by atoms with Crippen LogP contribution in [0.5, 0.6) is 0 Å². The molecular formula is C16H19N3OS. The Kier molecular flexibility index (Phi) is 6.09. The smallest absolute Gasteiger partial charge is 0.233 e. The second-order valence-electron chi connectivity index (χ2n) is 4.53. The summed E-state index contributed by atoms with van der Waals surface area (Å²) >= 11 is 1.57. The summed E-state index contributed by atoms with van der Waals surface area (Å²) in [4.78, 5) is 17.0. The quantitative estimate of drug-likeness (QED) is 0.610. The maximum Gasteiger partial charge on any atom is 0.233 e. The molecule has 0 radical (unpaired) electrons. The highest BCUT2D eigenvalue weighted by molar-refractivity contribution is 8.00. The van der Waals surface area contributed by atoms with E-state index >= 15 is 0 Å². The van der Waals surface area contributed by atoms with E-state index in [1.54, 1.807) is 24.2 Å². The van der Waals surface area contributed by atoms with Gasteiger partial charge in [-0.25, -0.2) is 0 Å². The zero-order chi connectivity index (χ0) is 14.9. The lowest BCUT2D eigenvalue weighted by Crippen LogP contribution is -2.34. The molecule has 110 valence electrons. The van der Waals surface area contributed by atoms with E-state index in [0.717, 1.165) is 10.6 Å². The molecule has 1 amide bonds. The Bertz CT molecular complexity index is 548. The first-order valence-electron chi connectivity index (χ1n) is 6.89. The fraction of sp³-hybridized carbons (Fsp3) is 0.250. The number of benzene rings is 1. The molecule has 1 heterocycles. The van der Waals surface area contributed by atoms with Gasteiger partial charge in [0, 0.05) is 36.1 Å². The molecule has 1 aromatic carbocycles. The molecular weight excluding hydrogens is 282 g/mol. The molecule has 0 bridgehead atoms. The molecule has 4 nitrogen and oxygen atoms in total. The molecule has 5 heteroatoms. The van der Waals surface area contributed by atoms with Gasteiger partial charge in [0.15, 0.2) is 0 Å². The predicted molar refractivity (Wildman–Crippen MR) is 87.5 cm³/mol. The zero-order valence-corrected chi connectivity index (χ0v) is 12.8. The average Bonchev–Trinajstić information content (AvgIpc) is 2.53. The van der Waals surface area contributed by atoms with E-state index in [2.05, 4.69) is 15.6 Å². The van der Waals surface area contributed by atoms with Crippen LogP contribution in [0.3, 0.4) is 0 Å². The molecule has 1 aromatic heterocycles. The number of pyridine rings is 1. The van der Waals surface area contributed by atoms with Gasteiger partial charge in [-0.2, -0.15) is 0 Å². The van der Waals surface area contributed by atoms with Crippen molar-refractivity contribution in [3.63, 3.8) is 0 Å². The van der Waals surface area contributed by atoms with Crippen molar-refractivity contribution in [3.8, 4) is 0 Å². The second-order valence-corrected chi connectivity index (χ2v) is 5.94. The molecule has 21 heavy (non-hydrogen) atoms. The predicted octanol–water partition coefficient (Wildman–Crippen LogP) is 2.79. The van der Waals surface area contributed by atoms with Gasteiger partial charge in [-0.05, 0) is 31.2 Å². The number of thioether (sulfide) groups is 1. The first kappa shape index (κ1) is 15.4. The number of nitrogens with zero attached hydrogens (tertiary/aromatic N) is 1. The van der Waals surface area contributed by atoms with Crippen LogP contribution in [0.25, 0.3) is 0 Å². The van der Waals surface area contributed by atoms with E-state index in [-0.39, 0.29) is 11.2 Å². The van der Waals surface area contributed by atoms with Crippen LogP contribution in [-0.4, -0.2) is 29.2 Å². The fourth-order valence-corrected chi connectivity index (χ4v) is 2.68. The molecule has 0 aliphatic rings. The van der Waals surface area contributed by atoms with Crippen molar-refractivity contribution >= 4 is 23.4 Å². The summed E-state index contributed by atoms with van der Waals surface area (Å²) in [6, 6.07) is 13.8. The SMILES string of the molecule is C[C@H](Sc1ccccc1)C(=O)NCCNc1ccncc1. The number of carbonyl (C=O) groups excluding carboxylic acids is 1. The minimum absolute atomic E-state index is 0.0559. The molecule has 0 fully saturated rings. The number of anilines is 1. The van der Waals surface area contributed by atoms with Crippen molar-refractivity contribution in [2.75, 3.05) is 18.4 Å². The molecule has 1 atom stereocenters. The van der Waals surface area contributed by atoms with Gasteiger partial charge in [0.2, 0.25) is 5.91 Å². The lowest BCUT2D eigenvalue weighted by Gasteiger charge is -2.12. The van der Waals surface area contributed by atoms with Crippen LogP contribution >= 0.6 is 11.8 Å². The van der Waals surface area contributed by atoms with Crippen LogP contribution in [0.4, 0.5) is 5.69 Å². The van der Waals surface area contributed by atoms with E-state index in [4.69, 9.17) is 0 Å². The van der Waals surface area contributed by atoms with Crippen molar-refractivity contribution in [1.29, 1.82) is 0 Å². The Morgan fingerprint density at radius 2 is 1.86 bits per heavy atom. The van der Waals surface area contributed by atoms with Gasteiger partial charge in [0.25, 0.3) is 0 Å². The first-order chi connectivity index (χ1) is 10.3. The highest BCUT2D eigenvalue weighted by Gasteiger charge is 2.13. The third-order valence-electron chi connectivity index (χ3n) is 2.86. The highest BCUT2D eigenvalue weighted by atomic mass is 32.2. The van der Waals surface area contributed by atoms with Crippen molar-refractivity contribution < 1.29 is 4.79 Å². The molecule has 2 aromatic rings. The van der Waals surface area contributed by atoms with E-state index < -0.39 is 0 Å². The summed E-state index contributed by atoms with van der Waals surface area (Å²) in [5, 5.41) is 6.06. The largest absolute Gasteiger partial charge is 0.383 e. The lowest BCUT2D eigenvalue weighted by atomic mass is 10.4. The fourth-order valence-electron chi connectivity index (χ4n) is 1.76. The number of aromatic nitrogens is 1. The van der Waals surface area contributed by atoms with Crippen LogP contribution < -0.4 is 10.6 Å². The maximum absolute atomic E-state index is 12.0. The third kappa shape index (κ3) is 5.47. The van der Waals surface area contributed by atoms with Gasteiger partial charge in [0.1, 0.15) is 0 Å². The maximum atomic E-state index is 12.0. The summed E-state index contributed by atoms with van der Waals surface area (Å²) in [7, 11) is 0. The zero-order valence-electron chi connectivity index (χ0n) is 12.0. The summed E-state index contributed by atoms with van der Waals surface area (Å²) < 4.78 is 0. The molecule has 2 rings (SSSR count). The van der Waals surface area contributed by atoms with Crippen LogP contribution in [0.1, 0.15) is 6.92 Å². The normalized spacial score (nSPS) is 11.7. The minimum atomic E-state index is -0.103. The molecule has 0 aliphatic heterocycles. The van der Waals surface area contributed by atoms with Crippen molar-refractivity contribution in [2.24, 2.45) is 0 Å². The summed E-state index contributed by atoms with van der Waals surface area (Å²) in [6.07, 6.45) is 3.47. The standard InChI is InChI=1S/C16H19N3OS/c1-13(21-15-5-3-2-4-6-15)16(20)19-12-11-18-14-7-9-17-10-8-14/h2-10,13H,11-12H2,1H3,(H,17,18)(H,19,20)/t13-/m0/s1. The van der Waals surface area contributed by atoms with Gasteiger partial charge in [0.05, 0.1) is 5.25 Å². The molecule has 0 spiro atoms. The number of hydrogen-bond acceptors (Lipinski definition) is 4. The van der Waals surface area contributed by atoms with Crippen molar-refractivity contribution in [3.05, 3.63) is 54.9 Å². The molecule has 0 saturated heterocycles. The van der Waals surface area contributed by atoms with Crippen molar-refractivity contribution in [1.82, 2.24) is 10.3 Å². The van der Waals surface area contributed by atoms with Crippen LogP contribution in [0.2, 0.25) is 0 Å². The van der Waals surface area contributed by atoms with E-state index in [9.17, 15) is 4.79 Å². The number of carbonyl (C=O) groups is 1. The van der Waals surface area contributed by atoms with Crippen molar-refractivity contribution in [2.45, 2.75) is 17.1 Å². The minimum Gasteiger partial charge on any atom is -0.383 e. The molecule has 0 aliphatic carbocycles. The summed E-state index contributed by atoms with van der Waals surface area (Å²) in [5.74, 6) is 0.0559. The van der Waals surface area contributed by atoms with Gasteiger partial charge in [-0.15, -0.1) is 11.8 Å². The number of amides is 1. The van der Waals surface area contributed by atoms with Gasteiger partial charge in [-0.3, -0.25) is 9.78 Å². The van der Waals surface area contributed by atoms with E-state index in [0.29, 0.717) is 13.1 Å². The second kappa shape index (κ2) is 8.32. The Balaban J connectivity index is 1.67. The molecule has 0 saturated carbocycles.